The first-order valence-corrected chi connectivity index (χ1v) is 15.0. The van der Waals surface area contributed by atoms with Crippen LogP contribution in [0.4, 0.5) is 10.5 Å². The second-order valence-corrected chi connectivity index (χ2v) is 11.3. The Morgan fingerprint density at radius 2 is 1.57 bits per heavy atom. The molecular formula is C33H25BrCl2N2O6. The van der Waals surface area contributed by atoms with Crippen LogP contribution in [0.2, 0.25) is 10.0 Å². The monoisotopic (exact) mass is 694 g/mol. The minimum absolute atomic E-state index is 0.192. The van der Waals surface area contributed by atoms with Crippen molar-refractivity contribution in [2.75, 3.05) is 11.5 Å². The SMILES string of the molecule is CCOc1cc(/C=C2\C(=O)NC(=O)N(c3ccc(OCc4ccc(Cl)cc4Cl)cc3)C2=O)ccc1OCc1ccc(Br)cc1. The summed E-state index contributed by atoms with van der Waals surface area (Å²) in [6, 6.07) is 23.4. The highest BCUT2D eigenvalue weighted by atomic mass is 79.9. The fraction of sp³-hybridized carbons (Fsp3) is 0.121. The summed E-state index contributed by atoms with van der Waals surface area (Å²) in [5, 5.41) is 3.24. The maximum Gasteiger partial charge on any atom is 0.335 e. The van der Waals surface area contributed by atoms with E-state index in [0.717, 1.165) is 20.5 Å². The summed E-state index contributed by atoms with van der Waals surface area (Å²) in [4.78, 5) is 39.8. The molecule has 1 saturated heterocycles. The number of ether oxygens (including phenoxy) is 3. The van der Waals surface area contributed by atoms with E-state index in [4.69, 9.17) is 37.4 Å². The van der Waals surface area contributed by atoms with Crippen LogP contribution in [-0.2, 0) is 22.8 Å². The van der Waals surface area contributed by atoms with Gasteiger partial charge in [-0.1, -0.05) is 63.4 Å². The van der Waals surface area contributed by atoms with Gasteiger partial charge in [0, 0.05) is 20.1 Å². The number of halogens is 3. The van der Waals surface area contributed by atoms with Crippen molar-refractivity contribution in [1.82, 2.24) is 5.32 Å². The van der Waals surface area contributed by atoms with Crippen molar-refractivity contribution in [3.05, 3.63) is 122 Å². The molecule has 0 bridgehead atoms. The van der Waals surface area contributed by atoms with E-state index in [1.807, 2.05) is 31.2 Å². The number of barbiturate groups is 1. The molecule has 0 unspecified atom stereocenters. The summed E-state index contributed by atoms with van der Waals surface area (Å²) in [7, 11) is 0. The Balaban J connectivity index is 1.32. The highest BCUT2D eigenvalue weighted by molar-refractivity contribution is 9.10. The number of carbonyl (C=O) groups is 3. The zero-order chi connectivity index (χ0) is 31.2. The number of anilines is 1. The van der Waals surface area contributed by atoms with Crippen molar-refractivity contribution in [1.29, 1.82) is 0 Å². The predicted molar refractivity (Wildman–Crippen MR) is 172 cm³/mol. The van der Waals surface area contributed by atoms with Crippen LogP contribution in [0.5, 0.6) is 17.2 Å². The van der Waals surface area contributed by atoms with Crippen LogP contribution in [-0.4, -0.2) is 24.5 Å². The van der Waals surface area contributed by atoms with E-state index < -0.39 is 17.8 Å². The fourth-order valence-corrected chi connectivity index (χ4v) is 5.02. The second kappa shape index (κ2) is 14.0. The third-order valence-corrected chi connectivity index (χ3v) is 7.61. The summed E-state index contributed by atoms with van der Waals surface area (Å²) in [6.45, 7) is 2.74. The van der Waals surface area contributed by atoms with Gasteiger partial charge in [-0.3, -0.25) is 14.9 Å². The largest absolute Gasteiger partial charge is 0.490 e. The van der Waals surface area contributed by atoms with Gasteiger partial charge >= 0.3 is 6.03 Å². The van der Waals surface area contributed by atoms with Crippen molar-refractivity contribution in [2.45, 2.75) is 20.1 Å². The van der Waals surface area contributed by atoms with Crippen molar-refractivity contribution in [2.24, 2.45) is 0 Å². The normalized spacial score (nSPS) is 14.0. The Morgan fingerprint density at radius 3 is 2.27 bits per heavy atom. The van der Waals surface area contributed by atoms with E-state index in [2.05, 4.69) is 21.2 Å². The summed E-state index contributed by atoms with van der Waals surface area (Å²) in [5.41, 5.74) is 2.28. The molecule has 1 fully saturated rings. The standard InChI is InChI=1S/C33H25BrCl2N2O6/c1-2-42-30-16-21(5-14-29(30)44-18-20-3-7-23(34)8-4-20)15-27-31(39)37-33(41)38(32(27)40)25-10-12-26(13-11-25)43-19-22-6-9-24(35)17-28(22)36/h3-17H,2,18-19H2,1H3,(H,37,39,41)/b27-15+. The summed E-state index contributed by atoms with van der Waals surface area (Å²) in [6.07, 6.45) is 1.41. The van der Waals surface area contributed by atoms with Gasteiger partial charge < -0.3 is 14.2 Å². The van der Waals surface area contributed by atoms with E-state index in [1.54, 1.807) is 60.7 Å². The first-order chi connectivity index (χ1) is 21.2. The van der Waals surface area contributed by atoms with Crippen LogP contribution in [0.3, 0.4) is 0 Å². The number of benzene rings is 4. The Hall–Kier alpha value is -4.31. The van der Waals surface area contributed by atoms with Crippen molar-refractivity contribution < 1.29 is 28.6 Å². The molecule has 4 aromatic rings. The molecule has 4 aromatic carbocycles. The highest BCUT2D eigenvalue weighted by Gasteiger charge is 2.36. The summed E-state index contributed by atoms with van der Waals surface area (Å²) in [5.74, 6) is -0.124. The molecule has 224 valence electrons. The molecular weight excluding hydrogens is 671 g/mol. The zero-order valence-electron chi connectivity index (χ0n) is 23.3. The van der Waals surface area contributed by atoms with Crippen LogP contribution in [0.15, 0.2) is 95.0 Å². The maximum atomic E-state index is 13.4. The van der Waals surface area contributed by atoms with E-state index >= 15 is 0 Å². The molecule has 0 aliphatic carbocycles. The molecule has 0 spiro atoms. The van der Waals surface area contributed by atoms with Gasteiger partial charge in [0.05, 0.1) is 12.3 Å². The van der Waals surface area contributed by atoms with Crippen molar-refractivity contribution in [3.8, 4) is 17.2 Å². The summed E-state index contributed by atoms with van der Waals surface area (Å²) >= 11 is 15.6. The quantitative estimate of drug-likeness (QED) is 0.134. The molecule has 1 aliphatic rings. The smallest absolute Gasteiger partial charge is 0.335 e. The topological polar surface area (TPSA) is 94.2 Å². The van der Waals surface area contributed by atoms with E-state index in [-0.39, 0.29) is 17.9 Å². The molecule has 8 nitrogen and oxygen atoms in total. The first kappa shape index (κ1) is 31.1. The highest BCUT2D eigenvalue weighted by Crippen LogP contribution is 2.32. The Labute approximate surface area is 272 Å². The molecule has 0 aromatic heterocycles. The van der Waals surface area contributed by atoms with Gasteiger partial charge in [-0.15, -0.1) is 0 Å². The minimum atomic E-state index is -0.856. The van der Waals surface area contributed by atoms with Gasteiger partial charge in [-0.05, 0) is 84.8 Å². The number of carbonyl (C=O) groups excluding carboxylic acids is 3. The lowest BCUT2D eigenvalue weighted by Crippen LogP contribution is -2.54. The Bertz CT molecular complexity index is 1740. The van der Waals surface area contributed by atoms with Crippen LogP contribution in [0.25, 0.3) is 6.08 Å². The molecule has 44 heavy (non-hydrogen) atoms. The number of imide groups is 2. The van der Waals surface area contributed by atoms with Crippen molar-refractivity contribution >= 4 is 68.7 Å². The molecule has 1 N–H and O–H groups in total. The number of urea groups is 1. The van der Waals surface area contributed by atoms with E-state index in [1.165, 1.54) is 6.08 Å². The average Bonchev–Trinajstić information content (AvgIpc) is 3.00. The fourth-order valence-electron chi connectivity index (χ4n) is 4.29. The predicted octanol–water partition coefficient (Wildman–Crippen LogP) is 7.98. The van der Waals surface area contributed by atoms with Gasteiger partial charge in [-0.2, -0.15) is 0 Å². The molecule has 0 radical (unpaired) electrons. The van der Waals surface area contributed by atoms with Crippen LogP contribution in [0, 0.1) is 0 Å². The van der Waals surface area contributed by atoms with E-state index in [0.29, 0.717) is 46.1 Å². The minimum Gasteiger partial charge on any atom is -0.490 e. The molecule has 1 aliphatic heterocycles. The number of nitrogens with one attached hydrogen (secondary N) is 1. The number of hydrogen-bond donors (Lipinski definition) is 1. The van der Waals surface area contributed by atoms with Gasteiger partial charge in [0.15, 0.2) is 11.5 Å². The van der Waals surface area contributed by atoms with Crippen LogP contribution >= 0.6 is 39.1 Å². The van der Waals surface area contributed by atoms with Gasteiger partial charge in [0.25, 0.3) is 11.8 Å². The van der Waals surface area contributed by atoms with E-state index in [9.17, 15) is 14.4 Å². The number of nitrogens with zero attached hydrogens (tertiary/aromatic N) is 1. The number of hydrogen-bond acceptors (Lipinski definition) is 6. The lowest BCUT2D eigenvalue weighted by Gasteiger charge is -2.26. The van der Waals surface area contributed by atoms with Gasteiger partial charge in [0.2, 0.25) is 0 Å². The third-order valence-electron chi connectivity index (χ3n) is 6.49. The molecule has 0 atom stereocenters. The van der Waals surface area contributed by atoms with Crippen molar-refractivity contribution in [3.63, 3.8) is 0 Å². The molecule has 1 heterocycles. The zero-order valence-corrected chi connectivity index (χ0v) is 26.4. The Kier molecular flexibility index (Phi) is 9.89. The molecule has 11 heteroatoms. The third kappa shape index (κ3) is 7.42. The van der Waals surface area contributed by atoms with Gasteiger partial charge in [-0.25, -0.2) is 9.69 Å². The Morgan fingerprint density at radius 1 is 0.818 bits per heavy atom. The first-order valence-electron chi connectivity index (χ1n) is 13.4. The lowest BCUT2D eigenvalue weighted by molar-refractivity contribution is -0.122. The average molecular weight is 696 g/mol. The maximum absolute atomic E-state index is 13.4. The number of amides is 4. The second-order valence-electron chi connectivity index (χ2n) is 9.53. The van der Waals surface area contributed by atoms with Gasteiger partial charge in [0.1, 0.15) is 24.5 Å². The summed E-state index contributed by atoms with van der Waals surface area (Å²) < 4.78 is 18.5. The molecule has 4 amide bonds. The van der Waals surface area contributed by atoms with Crippen LogP contribution in [0.1, 0.15) is 23.6 Å². The number of rotatable bonds is 10. The molecule has 5 rings (SSSR count). The van der Waals surface area contributed by atoms with Crippen LogP contribution < -0.4 is 24.4 Å². The lowest BCUT2D eigenvalue weighted by atomic mass is 10.1. The molecule has 0 saturated carbocycles.